The van der Waals surface area contributed by atoms with E-state index in [-0.39, 0.29) is 16.9 Å². The van der Waals surface area contributed by atoms with E-state index in [1.54, 1.807) is 6.07 Å². The lowest BCUT2D eigenvalue weighted by Crippen LogP contribution is -2.41. The van der Waals surface area contributed by atoms with Gasteiger partial charge in [-0.15, -0.1) is 0 Å². The van der Waals surface area contributed by atoms with E-state index in [1.807, 2.05) is 6.07 Å². The third-order valence-corrected chi connectivity index (χ3v) is 4.79. The number of halogens is 2. The third-order valence-electron chi connectivity index (χ3n) is 4.49. The smallest absolute Gasteiger partial charge is 0.142 e. The Morgan fingerprint density at radius 2 is 2.29 bits per heavy atom. The maximum Gasteiger partial charge on any atom is 0.142 e. The Labute approximate surface area is 131 Å². The number of benzene rings is 1. The number of rotatable bonds is 6. The van der Waals surface area contributed by atoms with Crippen molar-refractivity contribution < 1.29 is 4.39 Å². The van der Waals surface area contributed by atoms with E-state index in [1.165, 1.54) is 25.5 Å². The van der Waals surface area contributed by atoms with Crippen molar-refractivity contribution in [3.63, 3.8) is 0 Å². The van der Waals surface area contributed by atoms with Crippen molar-refractivity contribution in [3.05, 3.63) is 34.6 Å². The summed E-state index contributed by atoms with van der Waals surface area (Å²) in [6, 6.07) is 5.58. The van der Waals surface area contributed by atoms with Gasteiger partial charge in [-0.05, 0) is 50.7 Å². The van der Waals surface area contributed by atoms with Crippen LogP contribution in [-0.2, 0) is 0 Å². The van der Waals surface area contributed by atoms with Crippen LogP contribution in [0, 0.1) is 5.82 Å². The van der Waals surface area contributed by atoms with Crippen LogP contribution in [0.3, 0.4) is 0 Å². The van der Waals surface area contributed by atoms with Gasteiger partial charge < -0.3 is 5.73 Å². The number of nitrogens with zero attached hydrogens (tertiary/aromatic N) is 2. The number of likely N-dealkylation sites (tertiary alicyclic amines) is 1. The molecule has 0 radical (unpaired) electrons. The summed E-state index contributed by atoms with van der Waals surface area (Å²) < 4.78 is 13.7. The van der Waals surface area contributed by atoms with Crippen molar-refractivity contribution in [1.29, 1.82) is 0 Å². The lowest BCUT2D eigenvalue weighted by molar-refractivity contribution is 0.165. The molecule has 2 atom stereocenters. The Kier molecular flexibility index (Phi) is 5.99. The van der Waals surface area contributed by atoms with Gasteiger partial charge in [0, 0.05) is 25.2 Å². The van der Waals surface area contributed by atoms with E-state index in [4.69, 9.17) is 17.3 Å². The van der Waals surface area contributed by atoms with Crippen LogP contribution >= 0.6 is 11.6 Å². The number of hydrogen-bond donors (Lipinski definition) is 1. The molecule has 0 bridgehead atoms. The fourth-order valence-electron chi connectivity index (χ4n) is 3.27. The summed E-state index contributed by atoms with van der Waals surface area (Å²) in [5, 5.41) is 0.158. The van der Waals surface area contributed by atoms with Crippen LogP contribution in [0.1, 0.15) is 31.4 Å². The Morgan fingerprint density at radius 1 is 1.52 bits per heavy atom. The summed E-state index contributed by atoms with van der Waals surface area (Å²) in [5.41, 5.74) is 6.82. The second-order valence-corrected chi connectivity index (χ2v) is 6.20. The largest absolute Gasteiger partial charge is 0.329 e. The quantitative estimate of drug-likeness (QED) is 0.876. The average Bonchev–Trinajstić information content (AvgIpc) is 2.90. The maximum atomic E-state index is 13.7. The van der Waals surface area contributed by atoms with Crippen LogP contribution in [0.15, 0.2) is 18.2 Å². The molecule has 1 aromatic rings. The minimum absolute atomic E-state index is 0.0241. The van der Waals surface area contributed by atoms with Crippen LogP contribution in [0.2, 0.25) is 5.02 Å². The molecule has 0 spiro atoms. The molecule has 5 heteroatoms. The molecular formula is C16H25ClFN3. The first kappa shape index (κ1) is 16.7. The molecule has 1 aliphatic heterocycles. The molecule has 1 aromatic carbocycles. The van der Waals surface area contributed by atoms with Gasteiger partial charge in [-0.25, -0.2) is 4.39 Å². The highest BCUT2D eigenvalue weighted by Gasteiger charge is 2.26. The number of likely N-dealkylation sites (N-methyl/N-ethyl adjacent to an activating group) is 2. The molecule has 0 saturated carbocycles. The molecule has 2 N–H and O–H groups in total. The predicted octanol–water partition coefficient (Wildman–Crippen LogP) is 2.90. The molecule has 2 unspecified atom stereocenters. The van der Waals surface area contributed by atoms with Crippen LogP contribution in [0.5, 0.6) is 0 Å². The standard InChI is InChI=1S/C16H25ClFN3/c1-3-21-8-4-5-13(21)11-20(2)16(10-19)12-6-7-14(17)15(18)9-12/h6-7,9,13,16H,3-5,8,10-11,19H2,1-2H3. The van der Waals surface area contributed by atoms with E-state index < -0.39 is 0 Å². The molecule has 21 heavy (non-hydrogen) atoms. The zero-order chi connectivity index (χ0) is 15.4. The molecule has 3 nitrogen and oxygen atoms in total. The van der Waals surface area contributed by atoms with Crippen molar-refractivity contribution in [3.8, 4) is 0 Å². The highest BCUT2D eigenvalue weighted by atomic mass is 35.5. The van der Waals surface area contributed by atoms with E-state index in [2.05, 4.69) is 23.8 Å². The van der Waals surface area contributed by atoms with E-state index >= 15 is 0 Å². The zero-order valence-electron chi connectivity index (χ0n) is 12.9. The van der Waals surface area contributed by atoms with Gasteiger partial charge >= 0.3 is 0 Å². The molecular weight excluding hydrogens is 289 g/mol. The fourth-order valence-corrected chi connectivity index (χ4v) is 3.39. The topological polar surface area (TPSA) is 32.5 Å². The maximum absolute atomic E-state index is 13.7. The van der Waals surface area contributed by atoms with Gasteiger partial charge in [0.15, 0.2) is 0 Å². The average molecular weight is 314 g/mol. The molecule has 2 rings (SSSR count). The molecule has 0 amide bonds. The molecule has 0 aromatic heterocycles. The second kappa shape index (κ2) is 7.54. The summed E-state index contributed by atoms with van der Waals surface area (Å²) in [6.07, 6.45) is 2.49. The fraction of sp³-hybridized carbons (Fsp3) is 0.625. The molecule has 1 saturated heterocycles. The second-order valence-electron chi connectivity index (χ2n) is 5.79. The molecule has 1 heterocycles. The first-order valence-corrected chi connectivity index (χ1v) is 8.04. The third kappa shape index (κ3) is 3.95. The van der Waals surface area contributed by atoms with E-state index in [0.717, 1.165) is 18.7 Å². The first-order chi connectivity index (χ1) is 10.1. The molecule has 118 valence electrons. The number of hydrogen-bond acceptors (Lipinski definition) is 3. The lowest BCUT2D eigenvalue weighted by Gasteiger charge is -2.33. The van der Waals surface area contributed by atoms with Gasteiger partial charge in [0.1, 0.15) is 5.82 Å². The first-order valence-electron chi connectivity index (χ1n) is 7.66. The SMILES string of the molecule is CCN1CCCC1CN(C)C(CN)c1ccc(Cl)c(F)c1. The molecule has 1 fully saturated rings. The predicted molar refractivity (Wildman–Crippen MR) is 86.1 cm³/mol. The van der Waals surface area contributed by atoms with Crippen LogP contribution in [0.4, 0.5) is 4.39 Å². The van der Waals surface area contributed by atoms with Crippen molar-refractivity contribution in [2.75, 3.05) is 33.2 Å². The van der Waals surface area contributed by atoms with Gasteiger partial charge in [-0.3, -0.25) is 9.80 Å². The van der Waals surface area contributed by atoms with Crippen molar-refractivity contribution in [1.82, 2.24) is 9.80 Å². The summed E-state index contributed by atoms with van der Waals surface area (Å²) in [4.78, 5) is 4.74. The normalized spacial score (nSPS) is 21.1. The van der Waals surface area contributed by atoms with Crippen molar-refractivity contribution in [2.45, 2.75) is 31.8 Å². The van der Waals surface area contributed by atoms with Crippen LogP contribution in [0.25, 0.3) is 0 Å². The Hall–Kier alpha value is -0.680. The highest BCUT2D eigenvalue weighted by Crippen LogP contribution is 2.25. The monoisotopic (exact) mass is 313 g/mol. The van der Waals surface area contributed by atoms with Gasteiger partial charge in [-0.1, -0.05) is 24.6 Å². The van der Waals surface area contributed by atoms with E-state index in [9.17, 15) is 4.39 Å². The van der Waals surface area contributed by atoms with Gasteiger partial charge in [0.05, 0.1) is 5.02 Å². The van der Waals surface area contributed by atoms with Gasteiger partial charge in [-0.2, -0.15) is 0 Å². The van der Waals surface area contributed by atoms with Gasteiger partial charge in [0.2, 0.25) is 0 Å². The minimum Gasteiger partial charge on any atom is -0.329 e. The minimum atomic E-state index is -0.378. The number of nitrogens with two attached hydrogens (primary N) is 1. The van der Waals surface area contributed by atoms with E-state index in [0.29, 0.717) is 12.6 Å². The summed E-state index contributed by atoms with van der Waals surface area (Å²) in [5.74, 6) is -0.378. The summed E-state index contributed by atoms with van der Waals surface area (Å²) in [7, 11) is 2.07. The lowest BCUT2D eigenvalue weighted by atomic mass is 10.0. The Bertz CT molecular complexity index is 469. The summed E-state index contributed by atoms with van der Waals surface area (Å²) in [6.45, 7) is 5.89. The van der Waals surface area contributed by atoms with Crippen LogP contribution < -0.4 is 5.73 Å². The summed E-state index contributed by atoms with van der Waals surface area (Å²) >= 11 is 5.76. The van der Waals surface area contributed by atoms with Crippen molar-refractivity contribution >= 4 is 11.6 Å². The zero-order valence-corrected chi connectivity index (χ0v) is 13.6. The highest BCUT2D eigenvalue weighted by molar-refractivity contribution is 6.30. The Morgan fingerprint density at radius 3 is 2.90 bits per heavy atom. The van der Waals surface area contributed by atoms with Crippen LogP contribution in [-0.4, -0.2) is 49.1 Å². The Balaban J connectivity index is 2.07. The van der Waals surface area contributed by atoms with Crippen molar-refractivity contribution in [2.24, 2.45) is 5.73 Å². The molecule has 0 aliphatic carbocycles. The molecule has 1 aliphatic rings. The van der Waals surface area contributed by atoms with Gasteiger partial charge in [0.25, 0.3) is 0 Å².